The van der Waals surface area contributed by atoms with E-state index in [1.165, 1.54) is 16.1 Å². The van der Waals surface area contributed by atoms with E-state index in [9.17, 15) is 13.7 Å². The van der Waals surface area contributed by atoms with E-state index >= 15 is 0 Å². The molecule has 4 heterocycles. The third kappa shape index (κ3) is 4.70. The number of hydrogen-bond donors (Lipinski definition) is 1. The number of ether oxygens (including phenoxy) is 1. The zero-order valence-corrected chi connectivity index (χ0v) is 21.0. The van der Waals surface area contributed by atoms with Gasteiger partial charge < -0.3 is 10.1 Å². The van der Waals surface area contributed by atoms with Crippen molar-refractivity contribution in [3.63, 3.8) is 0 Å². The molecule has 0 amide bonds. The predicted octanol–water partition coefficient (Wildman–Crippen LogP) is 2.57. The zero-order chi connectivity index (χ0) is 24.3. The maximum absolute atomic E-state index is 12.3. The number of nitrogens with zero attached hydrogens (tertiary/aromatic N) is 6. The molecule has 1 N–H and O–H groups in total. The van der Waals surface area contributed by atoms with Crippen molar-refractivity contribution in [2.45, 2.75) is 42.7 Å². The number of hydrogen-bond acceptors (Lipinski definition) is 9. The van der Waals surface area contributed by atoms with Crippen molar-refractivity contribution >= 4 is 33.8 Å². The van der Waals surface area contributed by atoms with Crippen LogP contribution in [0.1, 0.15) is 31.9 Å². The lowest BCUT2D eigenvalue weighted by molar-refractivity contribution is 0.0719. The molecule has 0 atom stereocenters. The van der Waals surface area contributed by atoms with Crippen LogP contribution in [0.5, 0.6) is 0 Å². The van der Waals surface area contributed by atoms with Crippen LogP contribution in [0.4, 0.5) is 5.95 Å². The fraction of sp³-hybridized carbons (Fsp3) is 0.545. The lowest BCUT2D eigenvalue weighted by Gasteiger charge is -2.47. The van der Waals surface area contributed by atoms with Crippen molar-refractivity contribution in [3.05, 3.63) is 24.7 Å². The Balaban J connectivity index is 1.67. The van der Waals surface area contributed by atoms with E-state index in [-0.39, 0.29) is 31.3 Å². The molecule has 2 aromatic rings. The Morgan fingerprint density at radius 2 is 2.12 bits per heavy atom. The predicted molar refractivity (Wildman–Crippen MR) is 132 cm³/mol. The van der Waals surface area contributed by atoms with Crippen LogP contribution in [0.2, 0.25) is 0 Å². The largest absolute Gasteiger partial charge is 0.381 e. The molecular formula is C22H29N7O3S2. The highest BCUT2D eigenvalue weighted by Gasteiger charge is 2.49. The standard InChI is InChI=1S/C22H29N7O3S2/c1-4-18-20(33-3)19(27-21(26-18)25-17-6-10-32-11-7-17)16-12-24-29(13-16)22(8-9-23)14-28(15-22)34(30,31)5-2/h4,12-13,17H,1,5-8,10-11,14-15H2,2-3H3,(H,25,26,27). The van der Waals surface area contributed by atoms with Gasteiger partial charge in [-0.3, -0.25) is 4.68 Å². The lowest BCUT2D eigenvalue weighted by atomic mass is 9.89. The fourth-order valence-electron chi connectivity index (χ4n) is 4.27. The number of aromatic nitrogens is 4. The molecule has 2 fully saturated rings. The second-order valence-corrected chi connectivity index (χ2v) is 11.5. The molecule has 0 aliphatic carbocycles. The third-order valence-electron chi connectivity index (χ3n) is 6.29. The molecule has 12 heteroatoms. The maximum atomic E-state index is 12.3. The molecule has 0 saturated carbocycles. The van der Waals surface area contributed by atoms with Crippen LogP contribution in [0.3, 0.4) is 0 Å². The molecule has 2 aromatic heterocycles. The molecule has 2 aliphatic rings. The van der Waals surface area contributed by atoms with Crippen LogP contribution in [0.15, 0.2) is 23.9 Å². The lowest BCUT2D eigenvalue weighted by Crippen LogP contribution is -2.64. The van der Waals surface area contributed by atoms with E-state index in [1.54, 1.807) is 23.9 Å². The second-order valence-electron chi connectivity index (χ2n) is 8.45. The number of nitrogens with one attached hydrogen (secondary N) is 1. The van der Waals surface area contributed by atoms with Gasteiger partial charge in [0.05, 0.1) is 40.7 Å². The first-order valence-electron chi connectivity index (χ1n) is 11.2. The summed E-state index contributed by atoms with van der Waals surface area (Å²) in [7, 11) is -3.31. The minimum atomic E-state index is -3.31. The van der Waals surface area contributed by atoms with Gasteiger partial charge in [0, 0.05) is 44.1 Å². The number of nitriles is 1. The van der Waals surface area contributed by atoms with Crippen LogP contribution in [0.25, 0.3) is 17.3 Å². The Labute approximate surface area is 204 Å². The summed E-state index contributed by atoms with van der Waals surface area (Å²) in [5.74, 6) is 0.559. The highest BCUT2D eigenvalue weighted by molar-refractivity contribution is 7.98. The van der Waals surface area contributed by atoms with Crippen LogP contribution >= 0.6 is 11.8 Å². The SMILES string of the molecule is C=Cc1nc(NC2CCOCC2)nc(-c2cnn(C3(CC#N)CN(S(=O)(=O)CC)C3)c2)c1SC. The van der Waals surface area contributed by atoms with Crippen molar-refractivity contribution in [1.29, 1.82) is 5.26 Å². The molecule has 0 spiro atoms. The van der Waals surface area contributed by atoms with Crippen LogP contribution in [-0.4, -0.2) is 76.8 Å². The van der Waals surface area contributed by atoms with Crippen molar-refractivity contribution in [2.75, 3.05) is 43.6 Å². The van der Waals surface area contributed by atoms with Crippen molar-refractivity contribution < 1.29 is 13.2 Å². The molecule has 2 aliphatic heterocycles. The normalized spacial score (nSPS) is 18.7. The van der Waals surface area contributed by atoms with Gasteiger partial charge in [-0.1, -0.05) is 6.58 Å². The molecule has 182 valence electrons. The van der Waals surface area contributed by atoms with Gasteiger partial charge in [-0.2, -0.15) is 14.7 Å². The highest BCUT2D eigenvalue weighted by Crippen LogP contribution is 2.37. The number of sulfonamides is 1. The summed E-state index contributed by atoms with van der Waals surface area (Å²) < 4.78 is 33.1. The van der Waals surface area contributed by atoms with Crippen molar-refractivity contribution in [3.8, 4) is 17.3 Å². The average Bonchev–Trinajstić information content (AvgIpc) is 3.31. The molecule has 0 unspecified atom stereocenters. The molecule has 4 rings (SSSR count). The van der Waals surface area contributed by atoms with Crippen LogP contribution in [0, 0.1) is 11.3 Å². The van der Waals surface area contributed by atoms with Gasteiger partial charge in [-0.15, -0.1) is 11.8 Å². The molecular weight excluding hydrogens is 474 g/mol. The first-order chi connectivity index (χ1) is 16.4. The van der Waals surface area contributed by atoms with Crippen molar-refractivity contribution in [2.24, 2.45) is 0 Å². The molecule has 2 saturated heterocycles. The number of rotatable bonds is 9. The monoisotopic (exact) mass is 503 g/mol. The molecule has 0 aromatic carbocycles. The van der Waals surface area contributed by atoms with E-state index in [0.717, 1.165) is 34.7 Å². The van der Waals surface area contributed by atoms with Crippen LogP contribution < -0.4 is 5.32 Å². The first kappa shape index (κ1) is 24.7. The molecule has 34 heavy (non-hydrogen) atoms. The van der Waals surface area contributed by atoms with Gasteiger partial charge in [-0.25, -0.2) is 18.4 Å². The average molecular weight is 504 g/mol. The van der Waals surface area contributed by atoms with Crippen LogP contribution in [-0.2, 0) is 20.3 Å². The summed E-state index contributed by atoms with van der Waals surface area (Å²) in [6.07, 6.45) is 9.17. The molecule has 0 radical (unpaired) electrons. The smallest absolute Gasteiger partial charge is 0.224 e. The summed E-state index contributed by atoms with van der Waals surface area (Å²) >= 11 is 1.53. The van der Waals surface area contributed by atoms with E-state index in [0.29, 0.717) is 19.2 Å². The Hall–Kier alpha value is -2.46. The molecule has 10 nitrogen and oxygen atoms in total. The minimum absolute atomic E-state index is 0.0330. The number of thioether (sulfide) groups is 1. The zero-order valence-electron chi connectivity index (χ0n) is 19.4. The van der Waals surface area contributed by atoms with Gasteiger partial charge in [0.1, 0.15) is 5.54 Å². The third-order valence-corrected chi connectivity index (χ3v) is 8.88. The Morgan fingerprint density at radius 1 is 1.38 bits per heavy atom. The fourth-order valence-corrected chi connectivity index (χ4v) is 6.21. The van der Waals surface area contributed by atoms with E-state index < -0.39 is 15.6 Å². The molecule has 0 bridgehead atoms. The Bertz CT molecular complexity index is 1190. The second kappa shape index (κ2) is 10.0. The van der Waals surface area contributed by atoms with E-state index in [2.05, 4.69) is 28.0 Å². The summed E-state index contributed by atoms with van der Waals surface area (Å²) in [4.78, 5) is 10.3. The van der Waals surface area contributed by atoms with E-state index in [1.807, 2.05) is 12.5 Å². The van der Waals surface area contributed by atoms with Gasteiger partial charge in [-0.05, 0) is 32.1 Å². The Kier molecular flexibility index (Phi) is 7.28. The minimum Gasteiger partial charge on any atom is -0.381 e. The van der Waals surface area contributed by atoms with E-state index in [4.69, 9.17) is 9.72 Å². The van der Waals surface area contributed by atoms with Gasteiger partial charge >= 0.3 is 0 Å². The summed E-state index contributed by atoms with van der Waals surface area (Å²) in [5.41, 5.74) is 1.55. The maximum Gasteiger partial charge on any atom is 0.224 e. The summed E-state index contributed by atoms with van der Waals surface area (Å²) in [5, 5.41) is 17.4. The summed E-state index contributed by atoms with van der Waals surface area (Å²) in [6.45, 7) is 7.41. The quantitative estimate of drug-likeness (QED) is 0.514. The highest BCUT2D eigenvalue weighted by atomic mass is 32.2. The topological polar surface area (TPSA) is 126 Å². The van der Waals surface area contributed by atoms with Gasteiger partial charge in [0.15, 0.2) is 0 Å². The van der Waals surface area contributed by atoms with Gasteiger partial charge in [0.25, 0.3) is 0 Å². The summed E-state index contributed by atoms with van der Waals surface area (Å²) in [6, 6.07) is 2.44. The number of anilines is 1. The van der Waals surface area contributed by atoms with Gasteiger partial charge in [0.2, 0.25) is 16.0 Å². The first-order valence-corrected chi connectivity index (χ1v) is 14.0. The van der Waals surface area contributed by atoms with Crippen molar-refractivity contribution in [1.82, 2.24) is 24.1 Å². The Morgan fingerprint density at radius 3 is 2.74 bits per heavy atom.